The smallest absolute Gasteiger partial charge is 0.165 e. The molecule has 1 aliphatic heterocycles. The number of ether oxygens (including phenoxy) is 1. The Kier molecular flexibility index (Phi) is 5.36. The third kappa shape index (κ3) is 3.56. The van der Waals surface area contributed by atoms with Crippen molar-refractivity contribution in [3.63, 3.8) is 0 Å². The minimum absolute atomic E-state index is 0.298. The molecule has 1 fully saturated rings. The Morgan fingerprint density at radius 2 is 1.96 bits per heavy atom. The second-order valence-corrected chi connectivity index (χ2v) is 7.67. The summed E-state index contributed by atoms with van der Waals surface area (Å²) in [6, 6.07) is 11.8. The summed E-state index contributed by atoms with van der Waals surface area (Å²) < 4.78 is 7.12. The second-order valence-electron chi connectivity index (χ2n) is 6.27. The summed E-state index contributed by atoms with van der Waals surface area (Å²) in [4.78, 5) is 9.60. The molecule has 0 bridgehead atoms. The number of thioether (sulfide) groups is 1. The van der Waals surface area contributed by atoms with Gasteiger partial charge in [-0.15, -0.1) is 11.8 Å². The van der Waals surface area contributed by atoms with Crippen LogP contribution in [0.2, 0.25) is 5.15 Å². The molecule has 9 heteroatoms. The number of aliphatic hydroxyl groups is 3. The number of fused-ring (bicyclic) bond motifs is 1. The van der Waals surface area contributed by atoms with Gasteiger partial charge in [0.2, 0.25) is 0 Å². The highest BCUT2D eigenvalue weighted by molar-refractivity contribution is 7.98. The molecule has 3 heterocycles. The average molecular weight is 408 g/mol. The fourth-order valence-electron chi connectivity index (χ4n) is 3.09. The zero-order valence-corrected chi connectivity index (χ0v) is 15.7. The largest absolute Gasteiger partial charge is 0.394 e. The van der Waals surface area contributed by atoms with Gasteiger partial charge in [-0.3, -0.25) is 4.57 Å². The molecular weight excluding hydrogens is 390 g/mol. The number of aromatic nitrogens is 3. The van der Waals surface area contributed by atoms with Crippen molar-refractivity contribution in [1.82, 2.24) is 14.5 Å². The van der Waals surface area contributed by atoms with Gasteiger partial charge in [0.15, 0.2) is 11.9 Å². The first kappa shape index (κ1) is 18.7. The molecule has 1 aromatic carbocycles. The predicted octanol–water partition coefficient (Wildman–Crippen LogP) is 1.99. The van der Waals surface area contributed by atoms with E-state index in [0.29, 0.717) is 16.3 Å². The van der Waals surface area contributed by atoms with E-state index >= 15 is 0 Å². The monoisotopic (exact) mass is 407 g/mol. The number of nitrogens with zero attached hydrogens (tertiary/aromatic N) is 3. The zero-order chi connectivity index (χ0) is 19.0. The molecule has 0 saturated carbocycles. The molecule has 1 aliphatic rings. The number of pyridine rings is 1. The third-order valence-electron chi connectivity index (χ3n) is 4.49. The van der Waals surface area contributed by atoms with E-state index in [1.807, 2.05) is 30.3 Å². The van der Waals surface area contributed by atoms with Crippen LogP contribution in [0.3, 0.4) is 0 Å². The Hall–Kier alpha value is -1.68. The summed E-state index contributed by atoms with van der Waals surface area (Å²) in [5.41, 5.74) is 2.26. The number of rotatable bonds is 5. The van der Waals surface area contributed by atoms with Gasteiger partial charge in [0.05, 0.1) is 12.9 Å². The SMILES string of the molecule is OC[C@H]1O[C@@H](n2cnc3c(SCc4ccccc4)cc(Cl)nc32)[C@H](O)[C@@H]1O. The van der Waals surface area contributed by atoms with Crippen molar-refractivity contribution in [2.45, 2.75) is 35.2 Å². The molecule has 0 aliphatic carbocycles. The van der Waals surface area contributed by atoms with Crippen LogP contribution >= 0.6 is 23.4 Å². The van der Waals surface area contributed by atoms with Crippen molar-refractivity contribution in [3.05, 3.63) is 53.4 Å². The van der Waals surface area contributed by atoms with Gasteiger partial charge >= 0.3 is 0 Å². The molecule has 0 unspecified atom stereocenters. The molecule has 7 nitrogen and oxygen atoms in total. The van der Waals surface area contributed by atoms with Crippen molar-refractivity contribution < 1.29 is 20.1 Å². The molecule has 3 N–H and O–H groups in total. The third-order valence-corrected chi connectivity index (χ3v) is 5.79. The van der Waals surface area contributed by atoms with Crippen LogP contribution in [-0.2, 0) is 10.5 Å². The lowest BCUT2D eigenvalue weighted by atomic mass is 10.1. The Morgan fingerprint density at radius 3 is 2.67 bits per heavy atom. The molecular formula is C18H18ClN3O4S. The van der Waals surface area contributed by atoms with E-state index in [4.69, 9.17) is 16.3 Å². The van der Waals surface area contributed by atoms with Gasteiger partial charge in [-0.25, -0.2) is 9.97 Å². The Labute approximate surface area is 164 Å². The van der Waals surface area contributed by atoms with E-state index in [0.717, 1.165) is 10.6 Å². The topological polar surface area (TPSA) is 101 Å². The van der Waals surface area contributed by atoms with E-state index in [2.05, 4.69) is 9.97 Å². The minimum atomic E-state index is -1.21. The van der Waals surface area contributed by atoms with Crippen LogP contribution < -0.4 is 0 Å². The van der Waals surface area contributed by atoms with Crippen LogP contribution in [0.25, 0.3) is 11.2 Å². The summed E-state index contributed by atoms with van der Waals surface area (Å²) in [5, 5.41) is 29.9. The molecule has 142 valence electrons. The van der Waals surface area contributed by atoms with Gasteiger partial charge in [0.25, 0.3) is 0 Å². The highest BCUT2D eigenvalue weighted by Crippen LogP contribution is 2.35. The standard InChI is InChI=1S/C18H18ClN3O4S/c19-13-6-12(27-8-10-4-2-1-3-5-10)14-17(21-13)22(9-20-14)18-16(25)15(24)11(7-23)26-18/h1-6,9,11,15-16,18,23-25H,7-8H2/t11-,15-,16-,18-/m1/s1. The van der Waals surface area contributed by atoms with Crippen molar-refractivity contribution in [1.29, 1.82) is 0 Å². The van der Waals surface area contributed by atoms with E-state index in [9.17, 15) is 15.3 Å². The summed E-state index contributed by atoms with van der Waals surface area (Å²) in [7, 11) is 0. The minimum Gasteiger partial charge on any atom is -0.394 e. The molecule has 27 heavy (non-hydrogen) atoms. The molecule has 2 aromatic heterocycles. The van der Waals surface area contributed by atoms with E-state index < -0.39 is 31.1 Å². The Morgan fingerprint density at radius 1 is 1.19 bits per heavy atom. The van der Waals surface area contributed by atoms with Gasteiger partial charge in [-0.2, -0.15) is 0 Å². The average Bonchev–Trinajstić information content (AvgIpc) is 3.22. The van der Waals surface area contributed by atoms with Crippen LogP contribution in [0.5, 0.6) is 0 Å². The number of benzene rings is 1. The fourth-order valence-corrected chi connectivity index (χ4v) is 4.33. The second kappa shape index (κ2) is 7.75. The van der Waals surface area contributed by atoms with Crippen LogP contribution in [0.4, 0.5) is 0 Å². The molecule has 1 saturated heterocycles. The maximum Gasteiger partial charge on any atom is 0.165 e. The fraction of sp³-hybridized carbons (Fsp3) is 0.333. The summed E-state index contributed by atoms with van der Waals surface area (Å²) in [6.07, 6.45) is -2.67. The summed E-state index contributed by atoms with van der Waals surface area (Å²) >= 11 is 7.79. The van der Waals surface area contributed by atoms with Gasteiger partial charge in [-0.05, 0) is 11.6 Å². The van der Waals surface area contributed by atoms with E-state index in [1.54, 1.807) is 17.8 Å². The summed E-state index contributed by atoms with van der Waals surface area (Å²) in [6.45, 7) is -0.395. The predicted molar refractivity (Wildman–Crippen MR) is 102 cm³/mol. The maximum atomic E-state index is 10.3. The Balaban J connectivity index is 1.66. The van der Waals surface area contributed by atoms with Gasteiger partial charge < -0.3 is 20.1 Å². The van der Waals surface area contributed by atoms with Crippen LogP contribution in [0, 0.1) is 0 Å². The van der Waals surface area contributed by atoms with Gasteiger partial charge in [-0.1, -0.05) is 41.9 Å². The van der Waals surface area contributed by atoms with E-state index in [1.165, 1.54) is 16.5 Å². The van der Waals surface area contributed by atoms with Crippen LogP contribution in [0.1, 0.15) is 11.8 Å². The lowest BCUT2D eigenvalue weighted by Crippen LogP contribution is -2.33. The van der Waals surface area contributed by atoms with Crippen LogP contribution in [-0.4, -0.2) is 54.8 Å². The molecule has 3 aromatic rings. The highest BCUT2D eigenvalue weighted by Gasteiger charge is 2.44. The Bertz CT molecular complexity index is 939. The van der Waals surface area contributed by atoms with Crippen molar-refractivity contribution in [3.8, 4) is 0 Å². The quantitative estimate of drug-likeness (QED) is 0.439. The first-order valence-corrected chi connectivity index (χ1v) is 9.77. The molecule has 0 spiro atoms. The molecule has 0 radical (unpaired) electrons. The lowest BCUT2D eigenvalue weighted by Gasteiger charge is -2.16. The number of imidazole rings is 1. The number of hydrogen-bond acceptors (Lipinski definition) is 7. The van der Waals surface area contributed by atoms with E-state index in [-0.39, 0.29) is 0 Å². The van der Waals surface area contributed by atoms with Gasteiger partial charge in [0, 0.05) is 10.6 Å². The zero-order valence-electron chi connectivity index (χ0n) is 14.1. The lowest BCUT2D eigenvalue weighted by molar-refractivity contribution is -0.0511. The van der Waals surface area contributed by atoms with Crippen molar-refractivity contribution in [2.24, 2.45) is 0 Å². The molecule has 0 amide bonds. The highest BCUT2D eigenvalue weighted by atomic mass is 35.5. The normalized spacial score (nSPS) is 25.3. The summed E-state index contributed by atoms with van der Waals surface area (Å²) in [5.74, 6) is 0.747. The van der Waals surface area contributed by atoms with Gasteiger partial charge in [0.1, 0.15) is 29.0 Å². The molecule has 4 rings (SSSR count). The first-order chi connectivity index (χ1) is 13.1. The first-order valence-electron chi connectivity index (χ1n) is 8.40. The van der Waals surface area contributed by atoms with Crippen molar-refractivity contribution >= 4 is 34.5 Å². The molecule has 4 atom stereocenters. The number of halogens is 1. The number of hydrogen-bond donors (Lipinski definition) is 3. The maximum absolute atomic E-state index is 10.3. The van der Waals surface area contributed by atoms with Crippen molar-refractivity contribution in [2.75, 3.05) is 6.61 Å². The number of aliphatic hydroxyl groups excluding tert-OH is 3. The van der Waals surface area contributed by atoms with Crippen LogP contribution in [0.15, 0.2) is 47.6 Å².